The molecule has 0 radical (unpaired) electrons. The van der Waals surface area contributed by atoms with Crippen LogP contribution in [0.3, 0.4) is 0 Å². The van der Waals surface area contributed by atoms with Gasteiger partial charge in [0.05, 0.1) is 15.2 Å². The maximum Gasteiger partial charge on any atom is 0.279 e. The van der Waals surface area contributed by atoms with Gasteiger partial charge in [-0.3, -0.25) is 4.79 Å². The maximum atomic E-state index is 13.7. The Balaban J connectivity index is 2.20. The Bertz CT molecular complexity index is 1070. The molecule has 3 nitrogen and oxygen atoms in total. The summed E-state index contributed by atoms with van der Waals surface area (Å²) in [5.74, 6) is -3.17. The number of benzene rings is 2. The topological polar surface area (TPSA) is 34.4 Å². The van der Waals surface area contributed by atoms with Crippen LogP contribution < -0.4 is 4.80 Å². The highest BCUT2D eigenvalue weighted by atomic mass is 35.5. The van der Waals surface area contributed by atoms with E-state index in [4.69, 9.17) is 11.6 Å². The third kappa shape index (κ3) is 3.41. The molecule has 1 unspecified atom stereocenters. The summed E-state index contributed by atoms with van der Waals surface area (Å²) in [6.45, 7) is 3.83. The van der Waals surface area contributed by atoms with E-state index in [0.717, 1.165) is 29.5 Å². The van der Waals surface area contributed by atoms with E-state index in [-0.39, 0.29) is 16.6 Å². The van der Waals surface area contributed by atoms with Crippen molar-refractivity contribution in [3.8, 4) is 0 Å². The van der Waals surface area contributed by atoms with Gasteiger partial charge in [0.1, 0.15) is 5.82 Å². The molecular formula is C18H14ClF3N2OS. The minimum Gasteiger partial charge on any atom is -0.313 e. The van der Waals surface area contributed by atoms with Crippen molar-refractivity contribution in [3.63, 3.8) is 0 Å². The van der Waals surface area contributed by atoms with Crippen LogP contribution in [-0.2, 0) is 0 Å². The van der Waals surface area contributed by atoms with Gasteiger partial charge in [0.2, 0.25) is 0 Å². The quantitative estimate of drug-likeness (QED) is 0.574. The van der Waals surface area contributed by atoms with Crippen LogP contribution in [0.2, 0.25) is 5.02 Å². The second-order valence-electron chi connectivity index (χ2n) is 5.79. The molecule has 136 valence electrons. The van der Waals surface area contributed by atoms with Crippen LogP contribution in [-0.4, -0.2) is 10.5 Å². The van der Waals surface area contributed by atoms with Crippen LogP contribution in [0, 0.1) is 17.5 Å². The van der Waals surface area contributed by atoms with Crippen LogP contribution in [0.5, 0.6) is 0 Å². The van der Waals surface area contributed by atoms with Crippen LogP contribution in [0.4, 0.5) is 13.2 Å². The van der Waals surface area contributed by atoms with E-state index in [9.17, 15) is 18.0 Å². The van der Waals surface area contributed by atoms with Gasteiger partial charge in [0, 0.05) is 17.7 Å². The average molecular weight is 399 g/mol. The molecule has 0 fully saturated rings. The molecule has 3 aromatic rings. The number of aromatic nitrogens is 1. The molecule has 1 heterocycles. The Morgan fingerprint density at radius 1 is 1.19 bits per heavy atom. The SMILES string of the molecule is CCC(C)n1c(=NC(=O)c2ccc(F)c(Cl)c2)sc2cc(F)c(F)cc21. The summed E-state index contributed by atoms with van der Waals surface area (Å²) < 4.78 is 42.7. The van der Waals surface area contributed by atoms with E-state index >= 15 is 0 Å². The van der Waals surface area contributed by atoms with Crippen LogP contribution in [0.1, 0.15) is 36.7 Å². The van der Waals surface area contributed by atoms with E-state index in [2.05, 4.69) is 4.99 Å². The molecule has 1 atom stereocenters. The molecule has 0 saturated carbocycles. The fourth-order valence-electron chi connectivity index (χ4n) is 2.50. The van der Waals surface area contributed by atoms with Gasteiger partial charge in [0.25, 0.3) is 5.91 Å². The van der Waals surface area contributed by atoms with Gasteiger partial charge in [-0.2, -0.15) is 4.99 Å². The van der Waals surface area contributed by atoms with Crippen molar-refractivity contribution < 1.29 is 18.0 Å². The molecule has 0 aliphatic carbocycles. The van der Waals surface area contributed by atoms with Gasteiger partial charge in [-0.15, -0.1) is 0 Å². The van der Waals surface area contributed by atoms with Crippen molar-refractivity contribution in [3.05, 3.63) is 63.2 Å². The highest BCUT2D eigenvalue weighted by molar-refractivity contribution is 7.16. The summed E-state index contributed by atoms with van der Waals surface area (Å²) in [4.78, 5) is 16.8. The summed E-state index contributed by atoms with van der Waals surface area (Å²) >= 11 is 6.79. The molecule has 0 N–H and O–H groups in total. The Hall–Kier alpha value is -2.12. The Kier molecular flexibility index (Phi) is 5.20. The third-order valence-corrected chi connectivity index (χ3v) is 5.37. The van der Waals surface area contributed by atoms with Crippen LogP contribution in [0.25, 0.3) is 10.2 Å². The van der Waals surface area contributed by atoms with E-state index in [1.165, 1.54) is 12.1 Å². The zero-order valence-electron chi connectivity index (χ0n) is 13.9. The average Bonchev–Trinajstić information content (AvgIpc) is 2.93. The standard InChI is InChI=1S/C18H14ClF3N2OS/c1-3-9(2)24-15-7-13(21)14(22)8-16(15)26-18(24)23-17(25)10-4-5-12(20)11(19)6-10/h4-9H,3H2,1-2H3. The normalized spacial score (nSPS) is 13.4. The first-order valence-electron chi connectivity index (χ1n) is 7.86. The highest BCUT2D eigenvalue weighted by Gasteiger charge is 2.16. The van der Waals surface area contributed by atoms with Crippen molar-refractivity contribution in [1.29, 1.82) is 0 Å². The van der Waals surface area contributed by atoms with E-state index in [1.807, 2.05) is 13.8 Å². The molecule has 1 aromatic heterocycles. The highest BCUT2D eigenvalue weighted by Crippen LogP contribution is 2.25. The van der Waals surface area contributed by atoms with Crippen LogP contribution >= 0.6 is 22.9 Å². The first-order chi connectivity index (χ1) is 12.3. The van der Waals surface area contributed by atoms with Crippen LogP contribution in [0.15, 0.2) is 35.3 Å². The fraction of sp³-hybridized carbons (Fsp3) is 0.222. The number of hydrogen-bond donors (Lipinski definition) is 0. The molecule has 0 aliphatic rings. The molecule has 1 amide bonds. The number of rotatable bonds is 3. The number of carbonyl (C=O) groups excluding carboxylic acids is 1. The van der Waals surface area contributed by atoms with Gasteiger partial charge in [0.15, 0.2) is 16.4 Å². The second kappa shape index (κ2) is 7.25. The predicted octanol–water partition coefficient (Wildman–Crippen LogP) is 5.49. The minimum atomic E-state index is -0.962. The fourth-order valence-corrected chi connectivity index (χ4v) is 3.81. The van der Waals surface area contributed by atoms with E-state index in [0.29, 0.717) is 21.4 Å². The summed E-state index contributed by atoms with van der Waals surface area (Å²) in [6.07, 6.45) is 0.703. The zero-order valence-corrected chi connectivity index (χ0v) is 15.5. The van der Waals surface area contributed by atoms with Gasteiger partial charge in [-0.1, -0.05) is 29.9 Å². The molecule has 3 rings (SSSR count). The molecule has 0 bridgehead atoms. The third-order valence-electron chi connectivity index (χ3n) is 4.06. The van der Waals surface area contributed by atoms with E-state index < -0.39 is 23.4 Å². The van der Waals surface area contributed by atoms with Gasteiger partial charge < -0.3 is 4.57 Å². The summed E-state index contributed by atoms with van der Waals surface area (Å²) in [6, 6.07) is 5.68. The lowest BCUT2D eigenvalue weighted by Gasteiger charge is -2.12. The molecule has 0 aliphatic heterocycles. The molecule has 2 aromatic carbocycles. The lowest BCUT2D eigenvalue weighted by Crippen LogP contribution is -2.20. The number of halogens is 4. The van der Waals surface area contributed by atoms with Gasteiger partial charge >= 0.3 is 0 Å². The van der Waals surface area contributed by atoms with Crippen molar-refractivity contribution >= 4 is 39.1 Å². The van der Waals surface area contributed by atoms with Crippen molar-refractivity contribution in [1.82, 2.24) is 4.57 Å². The molecule has 26 heavy (non-hydrogen) atoms. The lowest BCUT2D eigenvalue weighted by molar-refractivity contribution is 0.0997. The summed E-state index contributed by atoms with van der Waals surface area (Å²) in [5.41, 5.74) is 0.592. The summed E-state index contributed by atoms with van der Waals surface area (Å²) in [7, 11) is 0. The largest absolute Gasteiger partial charge is 0.313 e. The molecule has 8 heteroatoms. The number of nitrogens with zero attached hydrogens (tertiary/aromatic N) is 2. The van der Waals surface area contributed by atoms with Gasteiger partial charge in [-0.25, -0.2) is 13.2 Å². The number of hydrogen-bond acceptors (Lipinski definition) is 2. The number of amides is 1. The predicted molar refractivity (Wildman–Crippen MR) is 96.0 cm³/mol. The monoisotopic (exact) mass is 398 g/mol. The number of carbonyl (C=O) groups is 1. The van der Waals surface area contributed by atoms with E-state index in [1.54, 1.807) is 4.57 Å². The summed E-state index contributed by atoms with van der Waals surface area (Å²) in [5, 5.41) is -0.179. The van der Waals surface area contributed by atoms with Crippen molar-refractivity contribution in [2.24, 2.45) is 4.99 Å². The zero-order chi connectivity index (χ0) is 19.0. The van der Waals surface area contributed by atoms with Crippen molar-refractivity contribution in [2.75, 3.05) is 0 Å². The van der Waals surface area contributed by atoms with Gasteiger partial charge in [-0.05, 0) is 37.6 Å². The Labute approximate surface area is 156 Å². The minimum absolute atomic E-state index is 0.0861. The first kappa shape index (κ1) is 18.7. The van der Waals surface area contributed by atoms with Crippen molar-refractivity contribution in [2.45, 2.75) is 26.3 Å². The lowest BCUT2D eigenvalue weighted by atomic mass is 10.2. The Morgan fingerprint density at radius 3 is 2.54 bits per heavy atom. The number of thiazole rings is 1. The molecular weight excluding hydrogens is 385 g/mol. The second-order valence-corrected chi connectivity index (χ2v) is 7.21. The molecule has 0 saturated heterocycles. The maximum absolute atomic E-state index is 13.7. The Morgan fingerprint density at radius 2 is 1.88 bits per heavy atom. The first-order valence-corrected chi connectivity index (χ1v) is 9.05. The number of fused-ring (bicyclic) bond motifs is 1. The molecule has 0 spiro atoms. The smallest absolute Gasteiger partial charge is 0.279 e.